The Morgan fingerprint density at radius 1 is 1.80 bits per heavy atom. The van der Waals surface area contributed by atoms with Gasteiger partial charge in [-0.25, -0.2) is 4.79 Å². The lowest BCUT2D eigenvalue weighted by Gasteiger charge is -2.07. The van der Waals surface area contributed by atoms with Gasteiger partial charge in [-0.1, -0.05) is 5.57 Å². The summed E-state index contributed by atoms with van der Waals surface area (Å²) < 4.78 is 4.77. The molecule has 0 heterocycles. The Morgan fingerprint density at radius 3 is 3.10 bits per heavy atom. The monoisotopic (exact) mass is 139 g/mol. The van der Waals surface area contributed by atoms with Gasteiger partial charge in [-0.15, -0.1) is 0 Å². The number of rotatable bonds is 1. The predicted octanol–water partition coefficient (Wildman–Crippen LogP) is 0.800. The van der Waals surface area contributed by atoms with Crippen LogP contribution in [0.3, 0.4) is 0 Å². The first kappa shape index (κ1) is 5.77. The minimum absolute atomic E-state index is 0.0220. The lowest BCUT2D eigenvalue weighted by molar-refractivity contribution is 0.126. The molecule has 10 heavy (non-hydrogen) atoms. The van der Waals surface area contributed by atoms with Crippen molar-refractivity contribution in [1.82, 2.24) is 0 Å². The van der Waals surface area contributed by atoms with E-state index in [2.05, 4.69) is 0 Å². The van der Waals surface area contributed by atoms with Gasteiger partial charge in [0.05, 0.1) is 0 Å². The van der Waals surface area contributed by atoms with Gasteiger partial charge >= 0.3 is 6.09 Å². The normalized spacial score (nSPS) is 34.6. The number of amides is 1. The predicted molar refractivity (Wildman–Crippen MR) is 35.3 cm³/mol. The Morgan fingerprint density at radius 2 is 2.60 bits per heavy atom. The molecule has 2 atom stereocenters. The maximum absolute atomic E-state index is 10.2. The van der Waals surface area contributed by atoms with Crippen LogP contribution in [0.15, 0.2) is 11.6 Å². The Hall–Kier alpha value is -0.990. The molecule has 0 aliphatic heterocycles. The minimum Gasteiger partial charge on any atom is -0.442 e. The number of primary amides is 1. The van der Waals surface area contributed by atoms with E-state index in [1.165, 1.54) is 12.0 Å². The standard InChI is InChI=1S/C7H9NO2/c8-7(9)10-6-2-4-1-5(4)3-6/h2,5-6H,1,3H2,(H2,8,9)/t5-,6-/m1/s1. The zero-order chi connectivity index (χ0) is 7.14. The van der Waals surface area contributed by atoms with Crippen LogP contribution in [-0.2, 0) is 4.74 Å². The summed E-state index contributed by atoms with van der Waals surface area (Å²) in [6.07, 6.45) is 3.49. The summed E-state index contributed by atoms with van der Waals surface area (Å²) >= 11 is 0. The Labute approximate surface area is 58.8 Å². The molecule has 2 rings (SSSR count). The van der Waals surface area contributed by atoms with E-state index in [0.717, 1.165) is 6.42 Å². The molecule has 0 spiro atoms. The number of allylic oxidation sites excluding steroid dienone is 1. The van der Waals surface area contributed by atoms with Crippen LogP contribution < -0.4 is 5.73 Å². The Bertz CT molecular complexity index is 210. The van der Waals surface area contributed by atoms with Crippen molar-refractivity contribution in [1.29, 1.82) is 0 Å². The second kappa shape index (κ2) is 1.75. The molecule has 0 unspecified atom stereocenters. The van der Waals surface area contributed by atoms with Crippen LogP contribution in [0.4, 0.5) is 4.79 Å². The molecule has 0 aromatic carbocycles. The second-order valence-electron chi connectivity index (χ2n) is 2.85. The first-order valence-electron chi connectivity index (χ1n) is 3.42. The summed E-state index contributed by atoms with van der Waals surface area (Å²) in [5.74, 6) is 0.712. The minimum atomic E-state index is -0.664. The molecule has 1 saturated carbocycles. The number of hydrogen-bond donors (Lipinski definition) is 1. The quantitative estimate of drug-likeness (QED) is 0.546. The van der Waals surface area contributed by atoms with Crippen molar-refractivity contribution in [2.75, 3.05) is 0 Å². The van der Waals surface area contributed by atoms with Crippen molar-refractivity contribution in [3.63, 3.8) is 0 Å². The highest BCUT2D eigenvalue weighted by atomic mass is 16.6. The maximum Gasteiger partial charge on any atom is 0.405 e. The highest BCUT2D eigenvalue weighted by molar-refractivity contribution is 5.65. The van der Waals surface area contributed by atoms with Crippen LogP contribution in [0.25, 0.3) is 0 Å². The van der Waals surface area contributed by atoms with Gasteiger partial charge in [-0.05, 0) is 24.8 Å². The highest BCUT2D eigenvalue weighted by Gasteiger charge is 2.38. The molecule has 2 aliphatic carbocycles. The number of ether oxygens (including phenoxy) is 1. The number of carbonyl (C=O) groups excluding carboxylic acids is 1. The average Bonchev–Trinajstić information content (AvgIpc) is 2.39. The number of carbonyl (C=O) groups is 1. The number of fused-ring (bicyclic) bond motifs is 1. The van der Waals surface area contributed by atoms with Gasteiger partial charge in [-0.3, -0.25) is 0 Å². The number of nitrogens with two attached hydrogens (primary N) is 1. The van der Waals surface area contributed by atoms with Crippen LogP contribution in [0.2, 0.25) is 0 Å². The SMILES string of the molecule is NC(=O)O[C@@H]1C=C2C[C@@H]2C1. The summed E-state index contributed by atoms with van der Waals surface area (Å²) in [6.45, 7) is 0. The fourth-order valence-corrected chi connectivity index (χ4v) is 1.48. The molecule has 3 heteroatoms. The molecule has 0 aromatic rings. The second-order valence-corrected chi connectivity index (χ2v) is 2.85. The molecule has 2 N–H and O–H groups in total. The third kappa shape index (κ3) is 0.875. The van der Waals surface area contributed by atoms with Crippen molar-refractivity contribution in [2.24, 2.45) is 11.7 Å². The topological polar surface area (TPSA) is 52.3 Å². The zero-order valence-electron chi connectivity index (χ0n) is 5.54. The van der Waals surface area contributed by atoms with Crippen LogP contribution in [0, 0.1) is 5.92 Å². The molecular formula is C7H9NO2. The van der Waals surface area contributed by atoms with Gasteiger partial charge in [-0.2, -0.15) is 0 Å². The lowest BCUT2D eigenvalue weighted by Crippen LogP contribution is -2.20. The van der Waals surface area contributed by atoms with Crippen LogP contribution in [-0.4, -0.2) is 12.2 Å². The van der Waals surface area contributed by atoms with Gasteiger partial charge in [0.15, 0.2) is 0 Å². The van der Waals surface area contributed by atoms with E-state index >= 15 is 0 Å². The third-order valence-electron chi connectivity index (χ3n) is 2.03. The van der Waals surface area contributed by atoms with E-state index in [9.17, 15) is 4.79 Å². The first-order chi connectivity index (χ1) is 4.75. The molecule has 0 bridgehead atoms. The average molecular weight is 139 g/mol. The van der Waals surface area contributed by atoms with Gasteiger partial charge in [0.25, 0.3) is 0 Å². The fourth-order valence-electron chi connectivity index (χ4n) is 1.48. The Balaban J connectivity index is 1.92. The van der Waals surface area contributed by atoms with Gasteiger partial charge in [0, 0.05) is 0 Å². The van der Waals surface area contributed by atoms with E-state index in [1.54, 1.807) is 0 Å². The molecule has 2 aliphatic rings. The molecule has 54 valence electrons. The van der Waals surface area contributed by atoms with Gasteiger partial charge < -0.3 is 10.5 Å². The van der Waals surface area contributed by atoms with Gasteiger partial charge in [0.1, 0.15) is 6.10 Å². The van der Waals surface area contributed by atoms with Crippen molar-refractivity contribution >= 4 is 6.09 Å². The third-order valence-corrected chi connectivity index (χ3v) is 2.03. The first-order valence-corrected chi connectivity index (χ1v) is 3.42. The van der Waals surface area contributed by atoms with Crippen LogP contribution in [0.5, 0.6) is 0 Å². The van der Waals surface area contributed by atoms with Crippen molar-refractivity contribution in [3.8, 4) is 0 Å². The van der Waals surface area contributed by atoms with E-state index < -0.39 is 6.09 Å². The molecule has 1 fully saturated rings. The lowest BCUT2D eigenvalue weighted by atomic mass is 10.2. The van der Waals surface area contributed by atoms with E-state index in [0.29, 0.717) is 5.92 Å². The smallest absolute Gasteiger partial charge is 0.405 e. The zero-order valence-corrected chi connectivity index (χ0v) is 5.54. The Kier molecular flexibility index (Phi) is 1.01. The summed E-state index contributed by atoms with van der Waals surface area (Å²) in [5.41, 5.74) is 6.28. The summed E-state index contributed by atoms with van der Waals surface area (Å²) in [6, 6.07) is 0. The van der Waals surface area contributed by atoms with E-state index in [4.69, 9.17) is 10.5 Å². The molecular weight excluding hydrogens is 130 g/mol. The fraction of sp³-hybridized carbons (Fsp3) is 0.571. The molecule has 1 amide bonds. The summed E-state index contributed by atoms with van der Waals surface area (Å²) in [7, 11) is 0. The highest BCUT2D eigenvalue weighted by Crippen LogP contribution is 2.47. The maximum atomic E-state index is 10.2. The largest absolute Gasteiger partial charge is 0.442 e. The van der Waals surface area contributed by atoms with E-state index in [1.807, 2.05) is 6.08 Å². The molecule has 0 radical (unpaired) electrons. The van der Waals surface area contributed by atoms with Gasteiger partial charge in [0.2, 0.25) is 0 Å². The summed E-state index contributed by atoms with van der Waals surface area (Å²) in [5, 5.41) is 0. The van der Waals surface area contributed by atoms with Crippen LogP contribution in [0.1, 0.15) is 12.8 Å². The molecule has 0 aromatic heterocycles. The molecule has 0 saturated heterocycles. The summed E-state index contributed by atoms with van der Waals surface area (Å²) in [4.78, 5) is 10.2. The van der Waals surface area contributed by atoms with E-state index in [-0.39, 0.29) is 6.10 Å². The van der Waals surface area contributed by atoms with Crippen LogP contribution >= 0.6 is 0 Å². The van der Waals surface area contributed by atoms with Crippen molar-refractivity contribution in [3.05, 3.63) is 11.6 Å². The number of hydrogen-bond acceptors (Lipinski definition) is 2. The molecule has 3 nitrogen and oxygen atoms in total. The van der Waals surface area contributed by atoms with Crippen molar-refractivity contribution in [2.45, 2.75) is 18.9 Å². The van der Waals surface area contributed by atoms with Crippen molar-refractivity contribution < 1.29 is 9.53 Å².